The van der Waals surface area contributed by atoms with E-state index in [1.165, 1.54) is 5.75 Å². The molecule has 5 heteroatoms. The van der Waals surface area contributed by atoms with Gasteiger partial charge in [-0.2, -0.15) is 11.8 Å². The van der Waals surface area contributed by atoms with E-state index in [1.807, 2.05) is 25.6 Å². The van der Waals surface area contributed by atoms with Gasteiger partial charge in [-0.3, -0.25) is 0 Å². The SMILES string of the molecule is CSCC(C)CNCCCC(C)(C)C(N)=NO. The molecule has 4 nitrogen and oxygen atoms in total. The van der Waals surface area contributed by atoms with Crippen molar-refractivity contribution in [2.24, 2.45) is 22.2 Å². The van der Waals surface area contributed by atoms with E-state index in [0.29, 0.717) is 11.8 Å². The fourth-order valence-electron chi connectivity index (χ4n) is 1.61. The second-order valence-electron chi connectivity index (χ2n) is 5.24. The van der Waals surface area contributed by atoms with E-state index in [4.69, 9.17) is 10.9 Å². The third kappa shape index (κ3) is 7.49. The first-order valence-corrected chi connectivity index (χ1v) is 7.51. The van der Waals surface area contributed by atoms with Crippen LogP contribution in [0.1, 0.15) is 33.6 Å². The first-order chi connectivity index (χ1) is 7.94. The van der Waals surface area contributed by atoms with Gasteiger partial charge in [0.15, 0.2) is 0 Å². The largest absolute Gasteiger partial charge is 0.409 e. The molecular formula is C12H27N3OS. The zero-order valence-electron chi connectivity index (χ0n) is 11.5. The van der Waals surface area contributed by atoms with Crippen molar-refractivity contribution >= 4 is 17.6 Å². The lowest BCUT2D eigenvalue weighted by molar-refractivity contribution is 0.304. The second kappa shape index (κ2) is 8.64. The summed E-state index contributed by atoms with van der Waals surface area (Å²) in [5.41, 5.74) is 5.41. The Labute approximate surface area is 109 Å². The maximum atomic E-state index is 8.65. The minimum absolute atomic E-state index is 0.221. The molecule has 1 atom stereocenters. The van der Waals surface area contributed by atoms with Gasteiger partial charge in [0, 0.05) is 5.41 Å². The molecule has 17 heavy (non-hydrogen) atoms. The van der Waals surface area contributed by atoms with Gasteiger partial charge < -0.3 is 16.3 Å². The Bertz CT molecular complexity index is 232. The van der Waals surface area contributed by atoms with Crippen LogP contribution in [-0.2, 0) is 0 Å². The van der Waals surface area contributed by atoms with Crippen molar-refractivity contribution in [1.82, 2.24) is 5.32 Å². The Hall–Kier alpha value is -0.420. The van der Waals surface area contributed by atoms with Crippen molar-refractivity contribution in [2.45, 2.75) is 33.6 Å². The van der Waals surface area contributed by atoms with Gasteiger partial charge in [0.2, 0.25) is 0 Å². The van der Waals surface area contributed by atoms with Crippen molar-refractivity contribution < 1.29 is 5.21 Å². The molecule has 102 valence electrons. The zero-order valence-corrected chi connectivity index (χ0v) is 12.3. The minimum Gasteiger partial charge on any atom is -0.409 e. The number of hydrogen-bond acceptors (Lipinski definition) is 4. The Morgan fingerprint density at radius 2 is 2.18 bits per heavy atom. The van der Waals surface area contributed by atoms with Gasteiger partial charge in [-0.15, -0.1) is 0 Å². The maximum absolute atomic E-state index is 8.65. The van der Waals surface area contributed by atoms with E-state index in [2.05, 4.69) is 23.7 Å². The third-order valence-electron chi connectivity index (χ3n) is 2.90. The molecule has 0 bridgehead atoms. The summed E-state index contributed by atoms with van der Waals surface area (Å²) in [5, 5.41) is 15.2. The summed E-state index contributed by atoms with van der Waals surface area (Å²) < 4.78 is 0. The molecule has 4 N–H and O–H groups in total. The number of nitrogens with two attached hydrogens (primary N) is 1. The Kier molecular flexibility index (Phi) is 8.43. The number of oxime groups is 1. The van der Waals surface area contributed by atoms with E-state index >= 15 is 0 Å². The first kappa shape index (κ1) is 16.6. The van der Waals surface area contributed by atoms with Crippen LogP contribution in [0.5, 0.6) is 0 Å². The molecule has 0 fully saturated rings. The molecule has 0 amide bonds. The lowest BCUT2D eigenvalue weighted by Crippen LogP contribution is -2.33. The van der Waals surface area contributed by atoms with Crippen LogP contribution >= 0.6 is 11.8 Å². The van der Waals surface area contributed by atoms with Gasteiger partial charge in [0.05, 0.1) is 0 Å². The Morgan fingerprint density at radius 3 is 2.71 bits per heavy atom. The van der Waals surface area contributed by atoms with E-state index in [9.17, 15) is 0 Å². The van der Waals surface area contributed by atoms with Gasteiger partial charge in [-0.05, 0) is 43.9 Å². The summed E-state index contributed by atoms with van der Waals surface area (Å²) in [4.78, 5) is 0. The molecule has 0 saturated carbocycles. The van der Waals surface area contributed by atoms with Crippen LogP contribution in [0.25, 0.3) is 0 Å². The molecule has 0 spiro atoms. The molecule has 0 aliphatic heterocycles. The lowest BCUT2D eigenvalue weighted by Gasteiger charge is -2.22. The molecule has 0 heterocycles. The van der Waals surface area contributed by atoms with E-state index < -0.39 is 0 Å². The molecule has 1 unspecified atom stereocenters. The average molecular weight is 261 g/mol. The number of nitrogens with zero attached hydrogens (tertiary/aromatic N) is 1. The first-order valence-electron chi connectivity index (χ1n) is 6.11. The number of amidine groups is 1. The highest BCUT2D eigenvalue weighted by molar-refractivity contribution is 7.98. The molecule has 0 saturated heterocycles. The monoisotopic (exact) mass is 261 g/mol. The zero-order chi connectivity index (χ0) is 13.3. The van der Waals surface area contributed by atoms with E-state index in [1.54, 1.807) is 0 Å². The minimum atomic E-state index is -0.221. The smallest absolute Gasteiger partial charge is 0.144 e. The Morgan fingerprint density at radius 1 is 1.53 bits per heavy atom. The van der Waals surface area contributed by atoms with Crippen LogP contribution in [-0.4, -0.2) is 36.1 Å². The molecule has 0 aromatic rings. The summed E-state index contributed by atoms with van der Waals surface area (Å²) >= 11 is 1.88. The number of thioether (sulfide) groups is 1. The molecule has 0 aliphatic carbocycles. The van der Waals surface area contributed by atoms with Crippen LogP contribution in [0, 0.1) is 11.3 Å². The Balaban J connectivity index is 3.64. The van der Waals surface area contributed by atoms with Crippen molar-refractivity contribution in [3.8, 4) is 0 Å². The standard InChI is InChI=1S/C12H27N3OS/c1-10(9-17-4)8-14-7-5-6-12(2,3)11(13)15-16/h10,14,16H,5-9H2,1-4H3,(H2,13,15). The van der Waals surface area contributed by atoms with Crippen LogP contribution < -0.4 is 11.1 Å². The van der Waals surface area contributed by atoms with Gasteiger partial charge in [0.25, 0.3) is 0 Å². The topological polar surface area (TPSA) is 70.6 Å². The van der Waals surface area contributed by atoms with E-state index in [0.717, 1.165) is 25.9 Å². The maximum Gasteiger partial charge on any atom is 0.144 e. The normalized spacial score (nSPS) is 14.9. The molecule has 0 radical (unpaired) electrons. The number of nitrogens with one attached hydrogen (secondary N) is 1. The summed E-state index contributed by atoms with van der Waals surface area (Å²) in [6.07, 6.45) is 4.10. The van der Waals surface area contributed by atoms with Crippen molar-refractivity contribution in [3.63, 3.8) is 0 Å². The molecule has 0 aliphatic rings. The highest BCUT2D eigenvalue weighted by Gasteiger charge is 2.22. The fraction of sp³-hybridized carbons (Fsp3) is 0.917. The molecule has 0 aromatic heterocycles. The number of hydrogen-bond donors (Lipinski definition) is 3. The summed E-state index contributed by atoms with van der Waals surface area (Å²) in [7, 11) is 0. The quantitative estimate of drug-likeness (QED) is 0.195. The average Bonchev–Trinajstić information content (AvgIpc) is 2.27. The highest BCUT2D eigenvalue weighted by atomic mass is 32.2. The summed E-state index contributed by atoms with van der Waals surface area (Å²) in [5.74, 6) is 2.22. The van der Waals surface area contributed by atoms with Gasteiger partial charge >= 0.3 is 0 Å². The van der Waals surface area contributed by atoms with Crippen LogP contribution in [0.3, 0.4) is 0 Å². The fourth-order valence-corrected chi connectivity index (χ4v) is 2.30. The molecule has 0 aromatic carbocycles. The highest BCUT2D eigenvalue weighted by Crippen LogP contribution is 2.21. The number of rotatable bonds is 9. The van der Waals surface area contributed by atoms with E-state index in [-0.39, 0.29) is 5.41 Å². The predicted octanol–water partition coefficient (Wildman–Crippen LogP) is 2.13. The van der Waals surface area contributed by atoms with Crippen LogP contribution in [0.15, 0.2) is 5.16 Å². The van der Waals surface area contributed by atoms with Crippen molar-refractivity contribution in [2.75, 3.05) is 25.1 Å². The van der Waals surface area contributed by atoms with Gasteiger partial charge in [0.1, 0.15) is 5.84 Å². The van der Waals surface area contributed by atoms with Gasteiger partial charge in [-0.1, -0.05) is 25.9 Å². The van der Waals surface area contributed by atoms with Crippen molar-refractivity contribution in [1.29, 1.82) is 0 Å². The molecule has 0 rings (SSSR count). The van der Waals surface area contributed by atoms with Crippen LogP contribution in [0.2, 0.25) is 0 Å². The molecular weight excluding hydrogens is 234 g/mol. The predicted molar refractivity (Wildman–Crippen MR) is 76.8 cm³/mol. The van der Waals surface area contributed by atoms with Crippen molar-refractivity contribution in [3.05, 3.63) is 0 Å². The lowest BCUT2D eigenvalue weighted by atomic mass is 9.86. The summed E-state index contributed by atoms with van der Waals surface area (Å²) in [6, 6.07) is 0. The third-order valence-corrected chi connectivity index (χ3v) is 3.80. The summed E-state index contributed by atoms with van der Waals surface area (Å²) in [6.45, 7) is 8.30. The van der Waals surface area contributed by atoms with Gasteiger partial charge in [-0.25, -0.2) is 0 Å². The van der Waals surface area contributed by atoms with Crippen LogP contribution in [0.4, 0.5) is 0 Å². The second-order valence-corrected chi connectivity index (χ2v) is 6.15.